The van der Waals surface area contributed by atoms with Gasteiger partial charge in [0.1, 0.15) is 6.04 Å². The van der Waals surface area contributed by atoms with Gasteiger partial charge in [-0.3, -0.25) is 4.79 Å². The van der Waals surface area contributed by atoms with E-state index in [4.69, 9.17) is 9.84 Å². The largest absolute Gasteiger partial charge is 0.480 e. The molecule has 0 spiro atoms. The second kappa shape index (κ2) is 10.4. The molecule has 0 fully saturated rings. The number of carbonyl (C=O) groups excluding carboxylic acids is 1. The third-order valence-electron chi connectivity index (χ3n) is 2.14. The molecule has 2 N–H and O–H groups in total. The van der Waals surface area contributed by atoms with Crippen molar-refractivity contribution < 1.29 is 19.4 Å². The van der Waals surface area contributed by atoms with Crippen molar-refractivity contribution in [1.29, 1.82) is 0 Å². The van der Waals surface area contributed by atoms with Crippen LogP contribution in [0.4, 0.5) is 0 Å². The Labute approximate surface area is 106 Å². The van der Waals surface area contributed by atoms with Gasteiger partial charge in [0.05, 0.1) is 0 Å². The summed E-state index contributed by atoms with van der Waals surface area (Å²) in [6.45, 7) is 3.06. The van der Waals surface area contributed by atoms with Crippen LogP contribution in [0.2, 0.25) is 0 Å². The van der Waals surface area contributed by atoms with Crippen LogP contribution in [-0.4, -0.2) is 48.2 Å². The third-order valence-corrected chi connectivity index (χ3v) is 2.78. The fraction of sp³-hybridized carbons (Fsp3) is 0.818. The van der Waals surface area contributed by atoms with Crippen molar-refractivity contribution in [3.8, 4) is 0 Å². The molecule has 0 aliphatic heterocycles. The first kappa shape index (κ1) is 16.2. The summed E-state index contributed by atoms with van der Waals surface area (Å²) in [5.41, 5.74) is 0. The Kier molecular flexibility index (Phi) is 9.95. The molecule has 0 aromatic carbocycles. The Morgan fingerprint density at radius 3 is 2.71 bits per heavy atom. The molecule has 6 heteroatoms. The molecule has 0 bridgehead atoms. The Morgan fingerprint density at radius 2 is 2.18 bits per heavy atom. The predicted molar refractivity (Wildman–Crippen MR) is 68.3 cm³/mol. The molecule has 0 rings (SSSR count). The van der Waals surface area contributed by atoms with Crippen LogP contribution in [0.15, 0.2) is 0 Å². The van der Waals surface area contributed by atoms with Crippen LogP contribution in [0.3, 0.4) is 0 Å². The molecular formula is C11H21NO4S. The highest BCUT2D eigenvalue weighted by Gasteiger charge is 2.18. The van der Waals surface area contributed by atoms with Crippen LogP contribution >= 0.6 is 11.8 Å². The van der Waals surface area contributed by atoms with E-state index in [9.17, 15) is 9.59 Å². The Bertz CT molecular complexity index is 236. The normalized spacial score (nSPS) is 12.1. The van der Waals surface area contributed by atoms with E-state index in [0.29, 0.717) is 32.5 Å². The second-order valence-electron chi connectivity index (χ2n) is 3.54. The van der Waals surface area contributed by atoms with Crippen LogP contribution in [0.5, 0.6) is 0 Å². The molecule has 0 aliphatic carbocycles. The lowest BCUT2D eigenvalue weighted by Crippen LogP contribution is -2.41. The maximum absolute atomic E-state index is 11.4. The van der Waals surface area contributed by atoms with Crippen LogP contribution in [0, 0.1) is 0 Å². The number of thioether (sulfide) groups is 1. The van der Waals surface area contributed by atoms with E-state index in [0.717, 1.165) is 5.75 Å². The number of aliphatic carboxylic acids is 1. The quantitative estimate of drug-likeness (QED) is 0.578. The van der Waals surface area contributed by atoms with Crippen molar-refractivity contribution in [1.82, 2.24) is 5.32 Å². The highest BCUT2D eigenvalue weighted by Crippen LogP contribution is 2.02. The Morgan fingerprint density at radius 1 is 1.47 bits per heavy atom. The molecule has 0 saturated heterocycles. The summed E-state index contributed by atoms with van der Waals surface area (Å²) in [6.07, 6.45) is 3.29. The first-order valence-electron chi connectivity index (χ1n) is 5.70. The molecular weight excluding hydrogens is 242 g/mol. The van der Waals surface area contributed by atoms with Gasteiger partial charge in [-0.25, -0.2) is 4.79 Å². The van der Waals surface area contributed by atoms with Crippen LogP contribution in [-0.2, 0) is 14.3 Å². The van der Waals surface area contributed by atoms with Crippen LogP contribution in [0.1, 0.15) is 26.2 Å². The van der Waals surface area contributed by atoms with Crippen LogP contribution in [0.25, 0.3) is 0 Å². The number of hydrogen-bond acceptors (Lipinski definition) is 4. The van der Waals surface area contributed by atoms with Gasteiger partial charge in [0, 0.05) is 19.6 Å². The number of ether oxygens (including phenoxy) is 1. The first-order chi connectivity index (χ1) is 8.11. The second-order valence-corrected chi connectivity index (χ2v) is 4.53. The summed E-state index contributed by atoms with van der Waals surface area (Å²) < 4.78 is 5.10. The summed E-state index contributed by atoms with van der Waals surface area (Å²) in [4.78, 5) is 22.3. The summed E-state index contributed by atoms with van der Waals surface area (Å²) >= 11 is 1.56. The summed E-state index contributed by atoms with van der Waals surface area (Å²) in [5.74, 6) is -0.480. The number of hydrogen-bond donors (Lipinski definition) is 2. The van der Waals surface area contributed by atoms with Gasteiger partial charge in [-0.1, -0.05) is 0 Å². The Balaban J connectivity index is 3.83. The lowest BCUT2D eigenvalue weighted by atomic mass is 10.2. The lowest BCUT2D eigenvalue weighted by molar-refractivity contribution is -0.141. The summed E-state index contributed by atoms with van der Waals surface area (Å²) in [7, 11) is 0. The lowest BCUT2D eigenvalue weighted by Gasteiger charge is -2.13. The minimum atomic E-state index is -0.975. The number of carbonyl (C=O) groups is 2. The molecule has 0 aromatic rings. The molecule has 1 amide bonds. The van der Waals surface area contributed by atoms with Crippen molar-refractivity contribution in [2.75, 3.05) is 25.2 Å². The van der Waals surface area contributed by atoms with Crippen LogP contribution < -0.4 is 5.32 Å². The molecule has 0 aromatic heterocycles. The number of amides is 1. The smallest absolute Gasteiger partial charge is 0.326 e. The van der Waals surface area contributed by atoms with Gasteiger partial charge in [-0.15, -0.1) is 0 Å². The van der Waals surface area contributed by atoms with E-state index in [2.05, 4.69) is 5.32 Å². The van der Waals surface area contributed by atoms with E-state index in [1.54, 1.807) is 11.8 Å². The number of carboxylic acid groups (broad SMARTS) is 1. The molecule has 0 saturated carbocycles. The maximum Gasteiger partial charge on any atom is 0.326 e. The number of carboxylic acids is 1. The molecule has 0 heterocycles. The van der Waals surface area contributed by atoms with Crippen molar-refractivity contribution >= 4 is 23.6 Å². The topological polar surface area (TPSA) is 75.6 Å². The first-order valence-corrected chi connectivity index (χ1v) is 7.10. The van der Waals surface area contributed by atoms with E-state index < -0.39 is 12.0 Å². The molecule has 17 heavy (non-hydrogen) atoms. The van der Waals surface area contributed by atoms with Gasteiger partial charge < -0.3 is 15.2 Å². The zero-order valence-electron chi connectivity index (χ0n) is 10.4. The average Bonchev–Trinajstić information content (AvgIpc) is 2.29. The monoisotopic (exact) mass is 263 g/mol. The molecule has 0 unspecified atom stereocenters. The van der Waals surface area contributed by atoms with Crippen molar-refractivity contribution in [2.24, 2.45) is 0 Å². The molecule has 0 radical (unpaired) electrons. The standard InChI is InChI=1S/C11H21NO4S/c1-3-16-7-4-5-10(13)12-9(11(14)15)6-8-17-2/h9H,3-8H2,1-2H3,(H,12,13)(H,14,15)/t9-/m1/s1. The van der Waals surface area contributed by atoms with Gasteiger partial charge in [0.15, 0.2) is 0 Å². The summed E-state index contributed by atoms with van der Waals surface area (Å²) in [5, 5.41) is 11.4. The van der Waals surface area contributed by atoms with Crippen molar-refractivity contribution in [3.63, 3.8) is 0 Å². The van der Waals surface area contributed by atoms with E-state index in [1.165, 1.54) is 0 Å². The third kappa shape index (κ3) is 9.00. The van der Waals surface area contributed by atoms with Crippen molar-refractivity contribution in [2.45, 2.75) is 32.2 Å². The zero-order valence-corrected chi connectivity index (χ0v) is 11.2. The fourth-order valence-corrected chi connectivity index (χ4v) is 1.71. The maximum atomic E-state index is 11.4. The summed E-state index contributed by atoms with van der Waals surface area (Å²) in [6, 6.07) is -0.776. The highest BCUT2D eigenvalue weighted by molar-refractivity contribution is 7.98. The molecule has 1 atom stereocenters. The van der Waals surface area contributed by atoms with Crippen molar-refractivity contribution in [3.05, 3.63) is 0 Å². The predicted octanol–water partition coefficient (Wildman–Crippen LogP) is 1.13. The van der Waals surface area contributed by atoms with Gasteiger partial charge >= 0.3 is 5.97 Å². The average molecular weight is 263 g/mol. The van der Waals surface area contributed by atoms with E-state index in [-0.39, 0.29) is 5.91 Å². The van der Waals surface area contributed by atoms with Gasteiger partial charge in [0.25, 0.3) is 0 Å². The SMILES string of the molecule is CCOCCCC(=O)N[C@H](CCSC)C(=O)O. The fourth-order valence-electron chi connectivity index (χ4n) is 1.24. The van der Waals surface area contributed by atoms with E-state index >= 15 is 0 Å². The highest BCUT2D eigenvalue weighted by atomic mass is 32.2. The molecule has 5 nitrogen and oxygen atoms in total. The van der Waals surface area contributed by atoms with Gasteiger partial charge in [-0.2, -0.15) is 11.8 Å². The molecule has 100 valence electrons. The zero-order chi connectivity index (χ0) is 13.1. The minimum Gasteiger partial charge on any atom is -0.480 e. The minimum absolute atomic E-state index is 0.224. The number of nitrogens with one attached hydrogen (secondary N) is 1. The van der Waals surface area contributed by atoms with Gasteiger partial charge in [0.2, 0.25) is 5.91 Å². The van der Waals surface area contributed by atoms with Gasteiger partial charge in [-0.05, 0) is 31.8 Å². The molecule has 0 aliphatic rings. The van der Waals surface area contributed by atoms with E-state index in [1.807, 2.05) is 13.2 Å². The number of rotatable bonds is 10. The Hall–Kier alpha value is -0.750.